The summed E-state index contributed by atoms with van der Waals surface area (Å²) in [6, 6.07) is 43.8. The number of imide groups is 4. The minimum absolute atomic E-state index is 0.0465. The van der Waals surface area contributed by atoms with Crippen LogP contribution < -0.4 is 15.0 Å². The first kappa shape index (κ1) is 67.7. The fourth-order valence-corrected chi connectivity index (χ4v) is 18.8. The molecule has 0 saturated heterocycles. The van der Waals surface area contributed by atoms with Crippen LogP contribution in [0, 0.1) is 5.41 Å². The van der Waals surface area contributed by atoms with Crippen molar-refractivity contribution >= 4 is 187 Å². The molecule has 0 spiro atoms. The number of carbonyl (C=O) groups is 8. The maximum Gasteiger partial charge on any atom is 0.265 e. The highest BCUT2D eigenvalue weighted by Gasteiger charge is 2.42. The van der Waals surface area contributed by atoms with Gasteiger partial charge in [0.25, 0.3) is 47.3 Å². The van der Waals surface area contributed by atoms with E-state index in [1.807, 2.05) is 83.2 Å². The standard InChI is InChI=1S/C85H66N4O15S2/c1-7-53-54-17-27-64-74-65(81(97)88(80(64)96)49-13-9-47-41-51(15-11-45(47)39-49)105(100,101)37-34-90)28-21-56(70(54)74)55-18-24-61-68(69(53)55)44(2)76(92)86(77(61)93)33-8-31-85(5,6)104-36-32-84(3,4)43-87-78(94)62-25-19-57-59-22-29-66-75-67(30-23-60(72(59)75)58-20-26-63(79(87)95)73(62)71(57)58)83(99)89(82(66)98)50-14-10-48-42-52(16-12-46(48)40-50)106(102,103)38-35-91/h7,9-30,39-42,90-91H,2,8,31-38,43H2,1,3-6H3. The molecule has 0 saturated carbocycles. The largest absolute Gasteiger partial charge is 0.395 e. The Hall–Kier alpha value is -11.5. The number of benzene rings is 13. The number of fused-ring (bicyclic) bond motifs is 8. The number of aliphatic hydroxyl groups excluding tert-OH is 2. The van der Waals surface area contributed by atoms with Crippen molar-refractivity contribution in [3.63, 3.8) is 0 Å². The number of hydrogen-bond acceptors (Lipinski definition) is 15. The summed E-state index contributed by atoms with van der Waals surface area (Å²) in [5.74, 6) is -4.89. The molecule has 0 radical (unpaired) electrons. The average molecular weight is 1450 g/mol. The van der Waals surface area contributed by atoms with Gasteiger partial charge >= 0.3 is 0 Å². The van der Waals surface area contributed by atoms with Crippen LogP contribution in [0.3, 0.4) is 0 Å². The molecule has 4 heterocycles. The second kappa shape index (κ2) is 24.0. The minimum Gasteiger partial charge on any atom is -0.395 e. The van der Waals surface area contributed by atoms with Gasteiger partial charge in [-0.1, -0.05) is 93.2 Å². The van der Waals surface area contributed by atoms with Crippen molar-refractivity contribution in [1.29, 1.82) is 0 Å². The van der Waals surface area contributed by atoms with Gasteiger partial charge in [-0.25, -0.2) is 26.6 Å². The van der Waals surface area contributed by atoms with E-state index in [1.165, 1.54) is 34.1 Å². The number of carbonyl (C=O) groups excluding carboxylic acids is 8. The van der Waals surface area contributed by atoms with Gasteiger partial charge in [0.1, 0.15) is 0 Å². The molecule has 4 aliphatic heterocycles. The number of amides is 8. The number of nitrogens with zero attached hydrogens (tertiary/aromatic N) is 4. The summed E-state index contributed by atoms with van der Waals surface area (Å²) in [5.41, 5.74) is 2.08. The number of aliphatic hydroxyl groups is 2. The van der Waals surface area contributed by atoms with Crippen molar-refractivity contribution in [3.05, 3.63) is 214 Å². The van der Waals surface area contributed by atoms with Crippen molar-refractivity contribution in [2.75, 3.05) is 54.2 Å². The van der Waals surface area contributed by atoms with Gasteiger partial charge in [-0.2, -0.15) is 0 Å². The lowest BCUT2D eigenvalue weighted by Gasteiger charge is -2.36. The molecule has 13 aromatic rings. The highest BCUT2D eigenvalue weighted by atomic mass is 32.2. The lowest BCUT2D eigenvalue weighted by molar-refractivity contribution is -0.123. The molecular formula is C85H66N4O15S2. The number of hydrogen-bond donors (Lipinski definition) is 2. The fraction of sp³-hybridized carbons (Fsp3) is 0.200. The lowest BCUT2D eigenvalue weighted by Crippen LogP contribution is -2.45. The third-order valence-corrected chi connectivity index (χ3v) is 25.3. The van der Waals surface area contributed by atoms with Gasteiger partial charge in [-0.15, -0.1) is 0 Å². The molecule has 21 heteroatoms. The van der Waals surface area contributed by atoms with Gasteiger partial charge < -0.3 is 14.9 Å². The van der Waals surface area contributed by atoms with Crippen LogP contribution in [0.1, 0.15) is 132 Å². The molecule has 8 amide bonds. The SMILES string of the molecule is C=C1C(=O)N(CCCC(C)(C)OCCC(C)(C)CN2C(=O)c3ccc4c5ccc6c7c(ccc(c8ccc(c3c48)C2=O)c75)C(=O)N(c2ccc3cc(S(=O)(=O)CCO)ccc3c2)C6=O)C(=O)c2ccc3c(c21)c(=CC)c1ccc2c4c(ccc3c41)C(=O)N(c1ccc3cc(S(=O)(=O)CCO)ccc3c1)C2=O. The molecule has 0 fully saturated rings. The van der Waals surface area contributed by atoms with Gasteiger partial charge in [0.05, 0.1) is 51.5 Å². The van der Waals surface area contributed by atoms with Crippen molar-refractivity contribution in [1.82, 2.24) is 9.80 Å². The monoisotopic (exact) mass is 1450 g/mol. The quantitative estimate of drug-likeness (QED) is 0.0350. The molecule has 19 nitrogen and oxygen atoms in total. The third-order valence-electron chi connectivity index (χ3n) is 21.9. The number of ether oxygens (including phenoxy) is 1. The molecule has 0 aliphatic carbocycles. The first-order valence-electron chi connectivity index (χ1n) is 34.9. The minimum atomic E-state index is -3.73. The smallest absolute Gasteiger partial charge is 0.265 e. The molecule has 0 aromatic heterocycles. The van der Waals surface area contributed by atoms with E-state index in [1.54, 1.807) is 91.0 Å². The first-order chi connectivity index (χ1) is 50.7. The van der Waals surface area contributed by atoms with Crippen molar-refractivity contribution in [2.24, 2.45) is 5.41 Å². The predicted molar refractivity (Wildman–Crippen MR) is 409 cm³/mol. The molecule has 2 N–H and O–H groups in total. The zero-order valence-electron chi connectivity index (χ0n) is 58.2. The average Bonchev–Trinajstić information content (AvgIpc) is 0.697. The second-order valence-electron chi connectivity index (χ2n) is 29.3. The van der Waals surface area contributed by atoms with Gasteiger partial charge in [-0.3, -0.25) is 48.2 Å². The van der Waals surface area contributed by atoms with Crippen LogP contribution in [-0.2, 0) is 29.2 Å². The van der Waals surface area contributed by atoms with Crippen molar-refractivity contribution < 1.29 is 70.1 Å². The Kier molecular flexibility index (Phi) is 15.4. The number of anilines is 2. The maximum atomic E-state index is 14.8. The molecule has 0 bridgehead atoms. The maximum absolute atomic E-state index is 14.8. The first-order valence-corrected chi connectivity index (χ1v) is 38.2. The Morgan fingerprint density at radius 2 is 0.783 bits per heavy atom. The van der Waals surface area contributed by atoms with Gasteiger partial charge in [0, 0.05) is 85.9 Å². The predicted octanol–water partition coefficient (Wildman–Crippen LogP) is 13.4. The van der Waals surface area contributed by atoms with Crippen LogP contribution >= 0.6 is 0 Å². The summed E-state index contributed by atoms with van der Waals surface area (Å²) >= 11 is 0. The van der Waals surface area contributed by atoms with E-state index >= 15 is 0 Å². The lowest BCUT2D eigenvalue weighted by atomic mass is 9.81. The van der Waals surface area contributed by atoms with Gasteiger partial charge in [0.15, 0.2) is 19.7 Å². The highest BCUT2D eigenvalue weighted by molar-refractivity contribution is 7.91. The molecule has 0 atom stereocenters. The van der Waals surface area contributed by atoms with E-state index in [0.717, 1.165) is 31.3 Å². The van der Waals surface area contributed by atoms with Crippen LogP contribution in [-0.4, -0.2) is 134 Å². The van der Waals surface area contributed by atoms with Gasteiger partial charge in [0.2, 0.25) is 0 Å². The third kappa shape index (κ3) is 10.1. The highest BCUT2D eigenvalue weighted by Crippen LogP contribution is 2.49. The Balaban J connectivity index is 0.568. The summed E-state index contributed by atoms with van der Waals surface area (Å²) in [4.78, 5) is 122. The molecule has 4 aliphatic rings. The number of rotatable bonds is 18. The topological polar surface area (TPSA) is 267 Å². The molecular weight excluding hydrogens is 1380 g/mol. The van der Waals surface area contributed by atoms with Crippen LogP contribution in [0.25, 0.3) is 109 Å². The zero-order valence-corrected chi connectivity index (χ0v) is 59.8. The zero-order chi connectivity index (χ0) is 74.3. The summed E-state index contributed by atoms with van der Waals surface area (Å²) in [7, 11) is -7.45. The van der Waals surface area contributed by atoms with E-state index < -0.39 is 103 Å². The molecule has 13 aromatic carbocycles. The van der Waals surface area contributed by atoms with Crippen LogP contribution in [0.4, 0.5) is 11.4 Å². The van der Waals surface area contributed by atoms with E-state index in [4.69, 9.17) is 4.74 Å². The van der Waals surface area contributed by atoms with Crippen molar-refractivity contribution in [3.8, 4) is 0 Å². The van der Waals surface area contributed by atoms with E-state index in [0.29, 0.717) is 156 Å². The molecule has 528 valence electrons. The van der Waals surface area contributed by atoms with Crippen LogP contribution in [0.15, 0.2) is 174 Å². The summed E-state index contributed by atoms with van der Waals surface area (Å²) in [6.45, 7) is 13.4. The Morgan fingerprint density at radius 1 is 0.415 bits per heavy atom. The van der Waals surface area contributed by atoms with E-state index in [9.17, 15) is 65.4 Å². The normalized spacial score (nSPS) is 15.5. The van der Waals surface area contributed by atoms with Crippen LogP contribution in [0.5, 0.6) is 0 Å². The Morgan fingerprint density at radius 3 is 1.21 bits per heavy atom. The second-order valence-corrected chi connectivity index (χ2v) is 33.5. The van der Waals surface area contributed by atoms with E-state index in [2.05, 4.69) is 6.58 Å². The summed E-state index contributed by atoms with van der Waals surface area (Å²) < 4.78 is 57.4. The molecule has 0 unspecified atom stereocenters. The summed E-state index contributed by atoms with van der Waals surface area (Å²) in [5, 5.41) is 31.0. The molecule has 106 heavy (non-hydrogen) atoms. The molecule has 17 rings (SSSR count). The van der Waals surface area contributed by atoms with Crippen LogP contribution in [0.2, 0.25) is 0 Å². The summed E-state index contributed by atoms with van der Waals surface area (Å²) in [6.07, 6.45) is 3.20. The van der Waals surface area contributed by atoms with Crippen molar-refractivity contribution in [2.45, 2.75) is 69.3 Å². The van der Waals surface area contributed by atoms with Gasteiger partial charge in [-0.05, 0) is 222 Å². The fourth-order valence-electron chi connectivity index (χ4n) is 16.7. The van der Waals surface area contributed by atoms with E-state index in [-0.39, 0.29) is 35.1 Å². The Bertz CT molecular complexity index is 6490. The number of sulfone groups is 2. The Labute approximate surface area is 606 Å².